The van der Waals surface area contributed by atoms with Crippen LogP contribution in [0.5, 0.6) is 5.75 Å². The number of aliphatic hydroxyl groups is 2. The lowest BCUT2D eigenvalue weighted by Crippen LogP contribution is -2.38. The molecule has 53 heavy (non-hydrogen) atoms. The van der Waals surface area contributed by atoms with E-state index in [2.05, 4.69) is 71.9 Å². The number of ether oxygens (including phenoxy) is 2. The minimum Gasteiger partial charge on any atom is -0.492 e. The molecule has 0 aromatic heterocycles. The fourth-order valence-corrected chi connectivity index (χ4v) is 7.28. The highest BCUT2D eigenvalue weighted by Crippen LogP contribution is 2.50. The molecular formula is C43H55N3O6S. The molecule has 0 unspecified atom stereocenters. The van der Waals surface area contributed by atoms with Crippen LogP contribution < -0.4 is 14.4 Å². The van der Waals surface area contributed by atoms with Crippen LogP contribution in [0.25, 0.3) is 22.3 Å². The molecule has 6 rings (SSSR count). The molecular weight excluding hydrogens is 687 g/mol. The third-order valence-electron chi connectivity index (χ3n) is 9.02. The van der Waals surface area contributed by atoms with E-state index in [1.54, 1.807) is 32.7 Å². The summed E-state index contributed by atoms with van der Waals surface area (Å²) in [6.07, 6.45) is 3.43. The van der Waals surface area contributed by atoms with Crippen LogP contribution in [0, 0.1) is 20.8 Å². The first-order valence-electron chi connectivity index (χ1n) is 18.0. The summed E-state index contributed by atoms with van der Waals surface area (Å²) < 4.78 is 13.7. The summed E-state index contributed by atoms with van der Waals surface area (Å²) in [6.45, 7) is 17.1. The Morgan fingerprint density at radius 2 is 1.64 bits per heavy atom. The van der Waals surface area contributed by atoms with Crippen molar-refractivity contribution in [3.05, 3.63) is 100 Å². The Kier molecular flexibility index (Phi) is 15.1. The molecule has 10 heteroatoms. The van der Waals surface area contributed by atoms with Gasteiger partial charge in [0.25, 0.3) is 5.91 Å². The first-order valence-corrected chi connectivity index (χ1v) is 19.2. The van der Waals surface area contributed by atoms with Gasteiger partial charge in [0, 0.05) is 62.3 Å². The molecule has 4 aromatic carbocycles. The van der Waals surface area contributed by atoms with Crippen LogP contribution in [0.2, 0.25) is 0 Å². The fourth-order valence-electron chi connectivity index (χ4n) is 6.60. The highest BCUT2D eigenvalue weighted by Gasteiger charge is 2.30. The average molecular weight is 742 g/mol. The Hall–Kier alpha value is -4.19. The van der Waals surface area contributed by atoms with E-state index in [-0.39, 0.29) is 5.91 Å². The van der Waals surface area contributed by atoms with Crippen molar-refractivity contribution in [1.82, 2.24) is 4.90 Å². The summed E-state index contributed by atoms with van der Waals surface area (Å²) in [6, 6.07) is 22.1. The molecule has 1 saturated heterocycles. The lowest BCUT2D eigenvalue weighted by Gasteiger charge is -2.36. The van der Waals surface area contributed by atoms with Crippen molar-refractivity contribution < 1.29 is 29.3 Å². The first kappa shape index (κ1) is 41.6. The Labute approximate surface area is 319 Å². The third kappa shape index (κ3) is 10.9. The van der Waals surface area contributed by atoms with Gasteiger partial charge in [-0.2, -0.15) is 0 Å². The number of fused-ring (bicyclic) bond motifs is 3. The molecule has 2 heterocycles. The first-order chi connectivity index (χ1) is 25.4. The van der Waals surface area contributed by atoms with Crippen LogP contribution in [0.15, 0.2) is 66.7 Å². The topological polar surface area (TPSA) is 112 Å². The van der Waals surface area contributed by atoms with E-state index in [9.17, 15) is 9.59 Å². The molecule has 0 radical (unpaired) electrons. The number of nitrogens with one attached hydrogen (secondary N) is 1. The van der Waals surface area contributed by atoms with E-state index in [4.69, 9.17) is 19.7 Å². The summed E-state index contributed by atoms with van der Waals surface area (Å²) in [5.74, 6) is 0.552. The van der Waals surface area contributed by atoms with Crippen LogP contribution in [-0.2, 0) is 22.5 Å². The Morgan fingerprint density at radius 3 is 2.28 bits per heavy atom. The number of aldehydes is 1. The predicted molar refractivity (Wildman–Crippen MR) is 218 cm³/mol. The molecule has 1 fully saturated rings. The van der Waals surface area contributed by atoms with Gasteiger partial charge in [-0.25, -0.2) is 0 Å². The number of hydrogen-bond donors (Lipinski definition) is 3. The van der Waals surface area contributed by atoms with Gasteiger partial charge >= 0.3 is 0 Å². The molecule has 2 aliphatic rings. The van der Waals surface area contributed by atoms with Gasteiger partial charge in [0.2, 0.25) is 0 Å². The van der Waals surface area contributed by atoms with Gasteiger partial charge in [0.05, 0.1) is 31.0 Å². The maximum atomic E-state index is 13.7. The number of aliphatic hydroxyl groups excluding tert-OH is 1. The molecule has 284 valence electrons. The number of carbonyl (C=O) groups excluding carboxylic acids is 2. The number of amides is 1. The van der Waals surface area contributed by atoms with Crippen molar-refractivity contribution in [1.29, 1.82) is 0 Å². The number of anilines is 2. The van der Waals surface area contributed by atoms with Gasteiger partial charge in [-0.3, -0.25) is 9.69 Å². The fraction of sp³-hybridized carbons (Fsp3) is 0.395. The zero-order valence-electron chi connectivity index (χ0n) is 32.4. The molecule has 2 aliphatic heterocycles. The van der Waals surface area contributed by atoms with Crippen molar-refractivity contribution in [2.45, 2.75) is 60.1 Å². The molecule has 3 N–H and O–H groups in total. The molecule has 0 saturated carbocycles. The van der Waals surface area contributed by atoms with Gasteiger partial charge in [0.1, 0.15) is 18.6 Å². The standard InChI is InChI=1S/C38H41N3O4S.C4H10O.CH4O/c1-25-8-10-28(11-9-25)35-27(3)36-34-22-29(12-13-30(34)24-41(46-4)37(36)26(2)33(35)14-18-42)38(43)39-31-6-5-7-32(23-31)45-21-17-40-15-19-44-20-16-40;1-4(2,3)5;1-2/h5-13,18,22-23H,14-17,19-21,24H2,1-4H3,(H,39,43);5H,1-3H3;2H,1H3. The van der Waals surface area contributed by atoms with Gasteiger partial charge < -0.3 is 34.1 Å². The second-order valence-electron chi connectivity index (χ2n) is 14.1. The van der Waals surface area contributed by atoms with Gasteiger partial charge in [-0.05, 0) is 105 Å². The maximum absolute atomic E-state index is 13.7. The van der Waals surface area contributed by atoms with Crippen LogP contribution in [0.3, 0.4) is 0 Å². The van der Waals surface area contributed by atoms with E-state index >= 15 is 0 Å². The smallest absolute Gasteiger partial charge is 0.255 e. The third-order valence-corrected chi connectivity index (χ3v) is 9.77. The van der Waals surface area contributed by atoms with Crippen LogP contribution in [-0.4, -0.2) is 85.7 Å². The predicted octanol–water partition coefficient (Wildman–Crippen LogP) is 7.63. The SMILES string of the molecule is CC(C)(C)O.CO.CSN1Cc2ccc(C(=O)Nc3cccc(OCCN4CCOCC4)c3)cc2-c2c(C)c(-c3ccc(C)cc3)c(CC=O)c(C)c21. The molecule has 0 atom stereocenters. The Morgan fingerprint density at radius 1 is 0.962 bits per heavy atom. The van der Waals surface area contributed by atoms with Crippen LogP contribution in [0.4, 0.5) is 11.4 Å². The molecule has 0 spiro atoms. The normalized spacial score (nSPS) is 13.7. The second-order valence-corrected chi connectivity index (χ2v) is 14.9. The number of benzene rings is 4. The lowest BCUT2D eigenvalue weighted by atomic mass is 9.80. The van der Waals surface area contributed by atoms with Crippen molar-refractivity contribution in [3.8, 4) is 28.0 Å². The van der Waals surface area contributed by atoms with Crippen LogP contribution in [0.1, 0.15) is 58.9 Å². The summed E-state index contributed by atoms with van der Waals surface area (Å²) in [5, 5.41) is 18.6. The maximum Gasteiger partial charge on any atom is 0.255 e. The lowest BCUT2D eigenvalue weighted by molar-refractivity contribution is -0.107. The van der Waals surface area contributed by atoms with Gasteiger partial charge in [-0.15, -0.1) is 0 Å². The Balaban J connectivity index is 0.000000828. The van der Waals surface area contributed by atoms with Crippen molar-refractivity contribution in [2.24, 2.45) is 0 Å². The zero-order chi connectivity index (χ0) is 38.7. The summed E-state index contributed by atoms with van der Waals surface area (Å²) in [7, 11) is 1.00. The quantitative estimate of drug-likeness (QED) is 0.112. The highest BCUT2D eigenvalue weighted by atomic mass is 32.2. The van der Waals surface area contributed by atoms with E-state index in [1.165, 1.54) is 5.56 Å². The van der Waals surface area contributed by atoms with Gasteiger partial charge in [-0.1, -0.05) is 53.9 Å². The summed E-state index contributed by atoms with van der Waals surface area (Å²) >= 11 is 1.68. The summed E-state index contributed by atoms with van der Waals surface area (Å²) in [4.78, 5) is 27.9. The zero-order valence-corrected chi connectivity index (χ0v) is 33.2. The number of hydrogen-bond acceptors (Lipinski definition) is 9. The van der Waals surface area contributed by atoms with Crippen LogP contribution >= 0.6 is 11.9 Å². The molecule has 9 nitrogen and oxygen atoms in total. The van der Waals surface area contributed by atoms with Crippen molar-refractivity contribution in [2.75, 3.05) is 62.4 Å². The largest absolute Gasteiger partial charge is 0.492 e. The molecule has 1 amide bonds. The van der Waals surface area contributed by atoms with E-state index in [1.807, 2.05) is 36.4 Å². The molecule has 0 bridgehead atoms. The van der Waals surface area contributed by atoms with E-state index in [0.717, 1.165) is 102 Å². The molecule has 4 aromatic rings. The van der Waals surface area contributed by atoms with Gasteiger partial charge in [0.15, 0.2) is 0 Å². The number of aryl methyl sites for hydroxylation is 1. The van der Waals surface area contributed by atoms with E-state index < -0.39 is 5.60 Å². The van der Waals surface area contributed by atoms with E-state index in [0.29, 0.717) is 30.8 Å². The monoisotopic (exact) mass is 741 g/mol. The molecule has 0 aliphatic carbocycles. The van der Waals surface area contributed by atoms with Crippen molar-refractivity contribution in [3.63, 3.8) is 0 Å². The minimum atomic E-state index is -0.500. The number of rotatable bonds is 10. The summed E-state index contributed by atoms with van der Waals surface area (Å²) in [5.41, 5.74) is 11.9. The minimum absolute atomic E-state index is 0.173. The number of nitrogens with zero attached hydrogens (tertiary/aromatic N) is 2. The number of carbonyl (C=O) groups is 2. The van der Waals surface area contributed by atoms with Crippen molar-refractivity contribution >= 4 is 35.5 Å². The average Bonchev–Trinajstić information content (AvgIpc) is 3.14. The Bertz CT molecular complexity index is 1840. The number of morpholine rings is 1. The second kappa shape index (κ2) is 19.2. The highest BCUT2D eigenvalue weighted by molar-refractivity contribution is 7.99.